The van der Waals surface area contributed by atoms with Crippen molar-refractivity contribution in [3.8, 4) is 0 Å². The number of amides is 1. The molecule has 5 nitrogen and oxygen atoms in total. The molecule has 2 rings (SSSR count). The van der Waals surface area contributed by atoms with E-state index >= 15 is 0 Å². The number of nitrogens with one attached hydrogen (secondary N) is 1. The van der Waals surface area contributed by atoms with Gasteiger partial charge >= 0.3 is 6.09 Å². The topological polar surface area (TPSA) is 78.8 Å². The molecule has 1 aromatic carbocycles. The van der Waals surface area contributed by atoms with Crippen LogP contribution in [-0.4, -0.2) is 35.1 Å². The van der Waals surface area contributed by atoms with Gasteiger partial charge < -0.3 is 20.3 Å². The van der Waals surface area contributed by atoms with Gasteiger partial charge in [0.25, 0.3) is 0 Å². The van der Waals surface area contributed by atoms with Crippen LogP contribution in [0.1, 0.15) is 64.4 Å². The number of hydrogen-bond donors (Lipinski definition) is 3. The molecular weight excluding hydrogens is 354 g/mol. The van der Waals surface area contributed by atoms with E-state index in [-0.39, 0.29) is 31.1 Å². The van der Waals surface area contributed by atoms with Crippen LogP contribution in [0.5, 0.6) is 0 Å². The number of ether oxygens (including phenoxy) is 1. The van der Waals surface area contributed by atoms with Gasteiger partial charge in [-0.3, -0.25) is 0 Å². The molecule has 5 heteroatoms. The molecule has 3 N–H and O–H groups in total. The molecule has 1 fully saturated rings. The van der Waals surface area contributed by atoms with Crippen molar-refractivity contribution in [3.63, 3.8) is 0 Å². The van der Waals surface area contributed by atoms with Gasteiger partial charge in [0, 0.05) is 6.61 Å². The van der Waals surface area contributed by atoms with E-state index in [0.29, 0.717) is 12.3 Å². The summed E-state index contributed by atoms with van der Waals surface area (Å²) < 4.78 is 5.37. The quantitative estimate of drug-likeness (QED) is 0.557. The minimum atomic E-state index is -0.689. The van der Waals surface area contributed by atoms with Gasteiger partial charge in [0.15, 0.2) is 0 Å². The molecule has 0 radical (unpaired) electrons. The smallest absolute Gasteiger partial charge is 0.407 e. The van der Waals surface area contributed by atoms with Gasteiger partial charge in [-0.25, -0.2) is 4.79 Å². The van der Waals surface area contributed by atoms with Crippen molar-refractivity contribution in [3.05, 3.63) is 35.9 Å². The monoisotopic (exact) mass is 391 g/mol. The summed E-state index contributed by atoms with van der Waals surface area (Å²) in [6.45, 7) is 4.35. The van der Waals surface area contributed by atoms with Gasteiger partial charge in [0.1, 0.15) is 6.61 Å². The Bertz CT molecular complexity index is 557. The highest BCUT2D eigenvalue weighted by Gasteiger charge is 2.29. The minimum absolute atomic E-state index is 0.0194. The Morgan fingerprint density at radius 1 is 1.18 bits per heavy atom. The van der Waals surface area contributed by atoms with E-state index in [1.807, 2.05) is 44.2 Å². The van der Waals surface area contributed by atoms with E-state index in [4.69, 9.17) is 4.74 Å². The number of alkyl carbamates (subject to hydrolysis) is 1. The molecule has 158 valence electrons. The van der Waals surface area contributed by atoms with Gasteiger partial charge in [-0.05, 0) is 36.2 Å². The summed E-state index contributed by atoms with van der Waals surface area (Å²) in [5.74, 6) is 0.820. The second-order valence-corrected chi connectivity index (χ2v) is 8.54. The average molecular weight is 392 g/mol. The molecule has 0 spiro atoms. The average Bonchev–Trinajstić information content (AvgIpc) is 2.71. The summed E-state index contributed by atoms with van der Waals surface area (Å²) in [5.41, 5.74) is 0.933. The van der Waals surface area contributed by atoms with E-state index in [1.54, 1.807) is 0 Å². The second kappa shape index (κ2) is 12.1. The van der Waals surface area contributed by atoms with E-state index < -0.39 is 12.2 Å². The van der Waals surface area contributed by atoms with E-state index in [9.17, 15) is 15.0 Å². The lowest BCUT2D eigenvalue weighted by molar-refractivity contribution is 0.0540. The molecule has 28 heavy (non-hydrogen) atoms. The van der Waals surface area contributed by atoms with Crippen molar-refractivity contribution < 1.29 is 19.7 Å². The molecule has 0 bridgehead atoms. The third-order valence-corrected chi connectivity index (χ3v) is 6.01. The number of aliphatic hydroxyl groups is 2. The zero-order valence-electron chi connectivity index (χ0n) is 17.3. The highest BCUT2D eigenvalue weighted by Crippen LogP contribution is 2.29. The van der Waals surface area contributed by atoms with E-state index in [2.05, 4.69) is 5.32 Å². The van der Waals surface area contributed by atoms with Crippen LogP contribution in [0.25, 0.3) is 0 Å². The largest absolute Gasteiger partial charge is 0.445 e. The lowest BCUT2D eigenvalue weighted by atomic mass is 9.81. The highest BCUT2D eigenvalue weighted by molar-refractivity contribution is 5.67. The first-order chi connectivity index (χ1) is 13.5. The molecule has 1 amide bonds. The Hall–Kier alpha value is -1.59. The van der Waals surface area contributed by atoms with Crippen LogP contribution in [0.2, 0.25) is 0 Å². The van der Waals surface area contributed by atoms with Crippen LogP contribution in [0.4, 0.5) is 4.79 Å². The first kappa shape index (κ1) is 22.7. The van der Waals surface area contributed by atoms with Crippen LogP contribution in [0.15, 0.2) is 30.3 Å². The lowest BCUT2D eigenvalue weighted by Crippen LogP contribution is -2.46. The molecule has 1 aromatic rings. The fourth-order valence-corrected chi connectivity index (χ4v) is 4.04. The highest BCUT2D eigenvalue weighted by atomic mass is 16.5. The summed E-state index contributed by atoms with van der Waals surface area (Å²) in [6.07, 6.45) is 6.07. The predicted molar refractivity (Wildman–Crippen MR) is 111 cm³/mol. The van der Waals surface area contributed by atoms with Crippen molar-refractivity contribution in [1.29, 1.82) is 0 Å². The van der Waals surface area contributed by atoms with Crippen molar-refractivity contribution in [2.45, 2.75) is 77.5 Å². The maximum atomic E-state index is 12.4. The molecule has 0 heterocycles. The maximum absolute atomic E-state index is 12.4. The van der Waals surface area contributed by atoms with Crippen molar-refractivity contribution in [2.24, 2.45) is 17.8 Å². The fraction of sp³-hybridized carbons (Fsp3) is 0.696. The van der Waals surface area contributed by atoms with Gasteiger partial charge in [-0.2, -0.15) is 0 Å². The van der Waals surface area contributed by atoms with Crippen LogP contribution in [0, 0.1) is 17.8 Å². The summed E-state index contributed by atoms with van der Waals surface area (Å²) in [4.78, 5) is 12.4. The number of rotatable bonds is 10. The second-order valence-electron chi connectivity index (χ2n) is 8.54. The number of benzene rings is 1. The van der Waals surface area contributed by atoms with Crippen LogP contribution in [0.3, 0.4) is 0 Å². The van der Waals surface area contributed by atoms with Crippen molar-refractivity contribution in [1.82, 2.24) is 5.32 Å². The number of aliphatic hydroxyl groups excluding tert-OH is 2. The molecule has 3 atom stereocenters. The third-order valence-electron chi connectivity index (χ3n) is 6.01. The number of carbonyl (C=O) groups is 1. The van der Waals surface area contributed by atoms with E-state index in [0.717, 1.165) is 24.8 Å². The Morgan fingerprint density at radius 3 is 2.46 bits per heavy atom. The van der Waals surface area contributed by atoms with E-state index in [1.165, 1.54) is 19.3 Å². The molecule has 1 aliphatic carbocycles. The van der Waals surface area contributed by atoms with Gasteiger partial charge in [0.2, 0.25) is 0 Å². The molecule has 1 saturated carbocycles. The molecule has 1 aliphatic rings. The SMILES string of the molecule is CC(C)[C@@H](CO)C[C@H](O)[C@H](CC1CCCCC1)NC(=O)OCc1ccccc1. The summed E-state index contributed by atoms with van der Waals surface area (Å²) in [7, 11) is 0. The first-order valence-corrected chi connectivity index (χ1v) is 10.8. The molecule has 0 unspecified atom stereocenters. The minimum Gasteiger partial charge on any atom is -0.445 e. The lowest BCUT2D eigenvalue weighted by Gasteiger charge is -2.32. The van der Waals surface area contributed by atoms with Gasteiger partial charge in [0.05, 0.1) is 12.1 Å². The van der Waals surface area contributed by atoms with Crippen LogP contribution >= 0.6 is 0 Å². The van der Waals surface area contributed by atoms with Crippen LogP contribution in [-0.2, 0) is 11.3 Å². The van der Waals surface area contributed by atoms with Crippen molar-refractivity contribution >= 4 is 6.09 Å². The first-order valence-electron chi connectivity index (χ1n) is 10.8. The Morgan fingerprint density at radius 2 is 1.86 bits per heavy atom. The number of hydrogen-bond acceptors (Lipinski definition) is 4. The van der Waals surface area contributed by atoms with Crippen LogP contribution < -0.4 is 5.32 Å². The third kappa shape index (κ3) is 7.80. The normalized spacial score (nSPS) is 18.5. The fourth-order valence-electron chi connectivity index (χ4n) is 4.04. The molecule has 0 aliphatic heterocycles. The zero-order chi connectivity index (χ0) is 20.4. The van der Waals surface area contributed by atoms with Gasteiger partial charge in [-0.1, -0.05) is 76.3 Å². The summed E-state index contributed by atoms with van der Waals surface area (Å²) in [6, 6.07) is 9.22. The predicted octanol–water partition coefficient (Wildman–Crippen LogP) is 4.27. The Labute approximate surface area is 169 Å². The Kier molecular flexibility index (Phi) is 9.79. The maximum Gasteiger partial charge on any atom is 0.407 e. The standard InChI is InChI=1S/C23H37NO4/c1-17(2)20(15-25)14-22(26)21(13-18-9-5-3-6-10-18)24-23(27)28-16-19-11-7-4-8-12-19/h4,7-8,11-12,17-18,20-22,25-26H,3,5-6,9-10,13-16H2,1-2H3,(H,24,27)/t20-,21+,22+/m1/s1. The van der Waals surface area contributed by atoms with Gasteiger partial charge in [-0.15, -0.1) is 0 Å². The summed E-state index contributed by atoms with van der Waals surface area (Å²) >= 11 is 0. The van der Waals surface area contributed by atoms with Crippen molar-refractivity contribution in [2.75, 3.05) is 6.61 Å². The molecule has 0 saturated heterocycles. The summed E-state index contributed by atoms with van der Waals surface area (Å²) in [5, 5.41) is 23.4. The molecule has 0 aromatic heterocycles. The Balaban J connectivity index is 1.94. The molecular formula is C23H37NO4. The zero-order valence-corrected chi connectivity index (χ0v) is 17.3. The number of carbonyl (C=O) groups excluding carboxylic acids is 1.